The number of nitrogens with zero attached hydrogens (tertiary/aromatic N) is 4. The lowest BCUT2D eigenvalue weighted by Crippen LogP contribution is -2.20. The van der Waals surface area contributed by atoms with E-state index in [9.17, 15) is 0 Å². The molecule has 1 aliphatic rings. The van der Waals surface area contributed by atoms with E-state index in [1.54, 1.807) is 0 Å². The van der Waals surface area contributed by atoms with E-state index in [0.29, 0.717) is 24.7 Å². The van der Waals surface area contributed by atoms with E-state index < -0.39 is 0 Å². The van der Waals surface area contributed by atoms with Crippen LogP contribution in [0.1, 0.15) is 48.6 Å². The van der Waals surface area contributed by atoms with Crippen LogP contribution in [0, 0.1) is 0 Å². The summed E-state index contributed by atoms with van der Waals surface area (Å²) >= 11 is 0. The second-order valence-corrected chi connectivity index (χ2v) is 7.03. The fraction of sp³-hybridized carbons (Fsp3) is 0.381. The van der Waals surface area contributed by atoms with E-state index >= 15 is 0 Å². The molecule has 1 N–H and O–H groups in total. The fourth-order valence-electron chi connectivity index (χ4n) is 3.31. The number of rotatable bonds is 7. The summed E-state index contributed by atoms with van der Waals surface area (Å²) in [5.74, 6) is 2.40. The van der Waals surface area contributed by atoms with Crippen LogP contribution in [0.3, 0.4) is 0 Å². The molecule has 1 atom stereocenters. The minimum absolute atomic E-state index is 0.0136. The molecule has 1 saturated heterocycles. The molecular formula is C21H25N5O. The van der Waals surface area contributed by atoms with E-state index in [1.165, 1.54) is 18.4 Å². The van der Waals surface area contributed by atoms with Crippen molar-refractivity contribution in [3.05, 3.63) is 71.5 Å². The summed E-state index contributed by atoms with van der Waals surface area (Å²) in [7, 11) is 0. The van der Waals surface area contributed by atoms with Gasteiger partial charge in [-0.2, -0.15) is 4.98 Å². The molecule has 0 radical (unpaired) electrons. The minimum atomic E-state index is -0.0136. The van der Waals surface area contributed by atoms with Gasteiger partial charge in [-0.25, -0.2) is 4.98 Å². The first-order chi connectivity index (χ1) is 13.3. The number of anilines is 1. The van der Waals surface area contributed by atoms with Gasteiger partial charge in [-0.15, -0.1) is 0 Å². The molecule has 1 aliphatic heterocycles. The predicted molar refractivity (Wildman–Crippen MR) is 104 cm³/mol. The Kier molecular flexibility index (Phi) is 5.44. The lowest BCUT2D eigenvalue weighted by atomic mass is 10.1. The molecule has 4 rings (SSSR count). The largest absolute Gasteiger partial charge is 0.357 e. The molecule has 0 aliphatic carbocycles. The first-order valence-electron chi connectivity index (χ1n) is 9.57. The molecule has 0 amide bonds. The zero-order valence-corrected chi connectivity index (χ0v) is 15.6. The van der Waals surface area contributed by atoms with Crippen molar-refractivity contribution < 1.29 is 4.52 Å². The van der Waals surface area contributed by atoms with Crippen LogP contribution >= 0.6 is 0 Å². The third-order valence-electron chi connectivity index (χ3n) is 4.91. The van der Waals surface area contributed by atoms with Crippen molar-refractivity contribution in [2.75, 3.05) is 18.0 Å². The highest BCUT2D eigenvalue weighted by Gasteiger charge is 2.15. The summed E-state index contributed by atoms with van der Waals surface area (Å²) in [5, 5.41) is 7.53. The third-order valence-corrected chi connectivity index (χ3v) is 4.91. The predicted octanol–water partition coefficient (Wildman–Crippen LogP) is 3.51. The fourth-order valence-corrected chi connectivity index (χ4v) is 3.31. The molecular weight excluding hydrogens is 338 g/mol. The van der Waals surface area contributed by atoms with E-state index in [1.807, 2.05) is 31.3 Å². The van der Waals surface area contributed by atoms with Crippen LogP contribution in [-0.4, -0.2) is 28.2 Å². The van der Waals surface area contributed by atoms with Gasteiger partial charge < -0.3 is 14.7 Å². The molecule has 1 aromatic carbocycles. The topological polar surface area (TPSA) is 67.1 Å². The highest BCUT2D eigenvalue weighted by Crippen LogP contribution is 2.18. The second-order valence-electron chi connectivity index (χ2n) is 7.03. The van der Waals surface area contributed by atoms with Crippen LogP contribution in [0.15, 0.2) is 53.2 Å². The van der Waals surface area contributed by atoms with Crippen molar-refractivity contribution in [1.29, 1.82) is 0 Å². The molecule has 0 spiro atoms. The van der Waals surface area contributed by atoms with Gasteiger partial charge in [0.05, 0.1) is 6.04 Å². The maximum Gasteiger partial charge on any atom is 0.243 e. The van der Waals surface area contributed by atoms with Gasteiger partial charge in [0.15, 0.2) is 5.82 Å². The summed E-state index contributed by atoms with van der Waals surface area (Å²) in [4.78, 5) is 11.5. The van der Waals surface area contributed by atoms with Crippen LogP contribution in [0.25, 0.3) is 0 Å². The number of pyridine rings is 1. The SMILES string of the molecule is CC(NCc1ccc(N2CCCC2)nc1)c1nc(Cc2ccccc2)no1. The molecule has 2 aromatic heterocycles. The Hall–Kier alpha value is -2.73. The molecule has 1 unspecified atom stereocenters. The van der Waals surface area contributed by atoms with E-state index in [0.717, 1.165) is 24.5 Å². The zero-order chi connectivity index (χ0) is 18.5. The highest BCUT2D eigenvalue weighted by atomic mass is 16.5. The van der Waals surface area contributed by atoms with Crippen molar-refractivity contribution >= 4 is 5.82 Å². The molecule has 6 nitrogen and oxygen atoms in total. The van der Waals surface area contributed by atoms with Gasteiger partial charge in [0, 0.05) is 32.3 Å². The second kappa shape index (κ2) is 8.31. The van der Waals surface area contributed by atoms with E-state index in [2.05, 4.69) is 49.6 Å². The minimum Gasteiger partial charge on any atom is -0.357 e. The van der Waals surface area contributed by atoms with Crippen molar-refractivity contribution in [3.8, 4) is 0 Å². The van der Waals surface area contributed by atoms with Crippen molar-refractivity contribution in [2.24, 2.45) is 0 Å². The Morgan fingerprint density at radius 2 is 1.89 bits per heavy atom. The number of hydrogen-bond donors (Lipinski definition) is 1. The molecule has 0 bridgehead atoms. The maximum atomic E-state index is 5.43. The monoisotopic (exact) mass is 363 g/mol. The highest BCUT2D eigenvalue weighted by molar-refractivity contribution is 5.40. The first kappa shape index (κ1) is 17.7. The van der Waals surface area contributed by atoms with Crippen LogP contribution < -0.4 is 10.2 Å². The number of benzene rings is 1. The average Bonchev–Trinajstić information content (AvgIpc) is 3.40. The van der Waals surface area contributed by atoms with Gasteiger partial charge >= 0.3 is 0 Å². The molecule has 3 aromatic rings. The van der Waals surface area contributed by atoms with Gasteiger partial charge in [0.2, 0.25) is 5.89 Å². The lowest BCUT2D eigenvalue weighted by Gasteiger charge is -2.16. The Morgan fingerprint density at radius 3 is 2.63 bits per heavy atom. The normalized spacial score (nSPS) is 15.2. The summed E-state index contributed by atoms with van der Waals surface area (Å²) in [6, 6.07) is 14.4. The van der Waals surface area contributed by atoms with Gasteiger partial charge in [-0.05, 0) is 37.0 Å². The van der Waals surface area contributed by atoms with E-state index in [-0.39, 0.29) is 6.04 Å². The van der Waals surface area contributed by atoms with Gasteiger partial charge in [-0.1, -0.05) is 41.6 Å². The van der Waals surface area contributed by atoms with Crippen LogP contribution in [0.5, 0.6) is 0 Å². The zero-order valence-electron chi connectivity index (χ0n) is 15.6. The molecule has 27 heavy (non-hydrogen) atoms. The number of aromatic nitrogens is 3. The maximum absolute atomic E-state index is 5.43. The Balaban J connectivity index is 1.31. The average molecular weight is 363 g/mol. The van der Waals surface area contributed by atoms with E-state index in [4.69, 9.17) is 4.52 Å². The van der Waals surface area contributed by atoms with Gasteiger partial charge in [-0.3, -0.25) is 0 Å². The Bertz CT molecular complexity index is 841. The molecule has 6 heteroatoms. The summed E-state index contributed by atoms with van der Waals surface area (Å²) in [6.07, 6.45) is 5.15. The Morgan fingerprint density at radius 1 is 1.07 bits per heavy atom. The summed E-state index contributed by atoms with van der Waals surface area (Å²) in [5.41, 5.74) is 2.32. The smallest absolute Gasteiger partial charge is 0.243 e. The standard InChI is InChI=1S/C21H25N5O/c1-16(21-24-19(25-27-21)13-17-7-3-2-4-8-17)22-14-18-9-10-20(23-15-18)26-11-5-6-12-26/h2-4,7-10,15-16,22H,5-6,11-14H2,1H3. The first-order valence-corrected chi connectivity index (χ1v) is 9.57. The summed E-state index contributed by atoms with van der Waals surface area (Å²) in [6.45, 7) is 4.98. The van der Waals surface area contributed by atoms with Crippen molar-refractivity contribution in [2.45, 2.75) is 38.8 Å². The quantitative estimate of drug-likeness (QED) is 0.693. The van der Waals surface area contributed by atoms with Crippen LogP contribution in [-0.2, 0) is 13.0 Å². The third kappa shape index (κ3) is 4.52. The number of nitrogens with one attached hydrogen (secondary N) is 1. The van der Waals surface area contributed by atoms with Crippen molar-refractivity contribution in [1.82, 2.24) is 20.4 Å². The summed E-state index contributed by atoms with van der Waals surface area (Å²) < 4.78 is 5.43. The lowest BCUT2D eigenvalue weighted by molar-refractivity contribution is 0.336. The molecule has 3 heterocycles. The van der Waals surface area contributed by atoms with Crippen LogP contribution in [0.4, 0.5) is 5.82 Å². The molecule has 0 saturated carbocycles. The van der Waals surface area contributed by atoms with Crippen molar-refractivity contribution in [3.63, 3.8) is 0 Å². The molecule has 1 fully saturated rings. The number of hydrogen-bond acceptors (Lipinski definition) is 6. The molecule has 140 valence electrons. The Labute approximate surface area is 159 Å². The van der Waals surface area contributed by atoms with Crippen LogP contribution in [0.2, 0.25) is 0 Å². The van der Waals surface area contributed by atoms with Gasteiger partial charge in [0.25, 0.3) is 0 Å². The van der Waals surface area contributed by atoms with Gasteiger partial charge in [0.1, 0.15) is 5.82 Å².